The summed E-state index contributed by atoms with van der Waals surface area (Å²) in [5, 5.41) is 12.5. The van der Waals surface area contributed by atoms with E-state index in [1.54, 1.807) is 24.4 Å². The minimum Gasteiger partial charge on any atom is -0.496 e. The van der Waals surface area contributed by atoms with Crippen LogP contribution in [0.3, 0.4) is 0 Å². The van der Waals surface area contributed by atoms with Gasteiger partial charge in [-0.15, -0.1) is 0 Å². The average Bonchev–Trinajstić information content (AvgIpc) is 3.75. The fourth-order valence-corrected chi connectivity index (χ4v) is 4.96. The number of rotatable bonds is 10. The zero-order valence-corrected chi connectivity index (χ0v) is 23.3. The molecular weight excluding hydrogens is 507 g/mol. The molecule has 5 rings (SSSR count). The lowest BCUT2D eigenvalue weighted by atomic mass is 10.1. The third kappa shape index (κ3) is 5.34. The maximum absolute atomic E-state index is 14.6. The van der Waals surface area contributed by atoms with E-state index in [0.29, 0.717) is 29.3 Å². The molecule has 9 heteroatoms. The molecular formula is C31H33FN6O2. The first-order chi connectivity index (χ1) is 19.4. The normalized spacial score (nSPS) is 12.8. The molecule has 1 aliphatic carbocycles. The summed E-state index contributed by atoms with van der Waals surface area (Å²) >= 11 is 0. The smallest absolute Gasteiger partial charge is 0.231 e. The molecule has 8 nitrogen and oxygen atoms in total. The molecule has 1 fully saturated rings. The monoisotopic (exact) mass is 540 g/mol. The van der Waals surface area contributed by atoms with E-state index in [9.17, 15) is 14.4 Å². The van der Waals surface area contributed by atoms with Crippen molar-refractivity contribution in [3.8, 4) is 11.8 Å². The molecule has 0 atom stereocenters. The van der Waals surface area contributed by atoms with E-state index in [2.05, 4.69) is 23.3 Å². The van der Waals surface area contributed by atoms with Gasteiger partial charge in [-0.3, -0.25) is 9.69 Å². The van der Waals surface area contributed by atoms with Crippen LogP contribution >= 0.6 is 0 Å². The van der Waals surface area contributed by atoms with Crippen LogP contribution in [0.15, 0.2) is 42.7 Å². The molecule has 1 amide bonds. The van der Waals surface area contributed by atoms with E-state index >= 15 is 0 Å². The Labute approximate surface area is 233 Å². The minimum atomic E-state index is -0.604. The number of nitriles is 1. The van der Waals surface area contributed by atoms with Crippen molar-refractivity contribution < 1.29 is 13.9 Å². The Morgan fingerprint density at radius 1 is 1.23 bits per heavy atom. The number of ether oxygens (including phenoxy) is 1. The number of carbonyl (C=O) groups excluding carboxylic acids is 1. The van der Waals surface area contributed by atoms with Crippen LogP contribution < -0.4 is 15.0 Å². The number of pyridine rings is 1. The summed E-state index contributed by atoms with van der Waals surface area (Å²) in [4.78, 5) is 24.9. The molecule has 2 aromatic heterocycles. The summed E-state index contributed by atoms with van der Waals surface area (Å²) in [5.41, 5.74) is 4.74. The summed E-state index contributed by atoms with van der Waals surface area (Å²) in [6, 6.07) is 12.7. The number of hydrogen-bond acceptors (Lipinski definition) is 6. The Hall–Kier alpha value is -4.45. The van der Waals surface area contributed by atoms with Crippen molar-refractivity contribution >= 4 is 34.3 Å². The van der Waals surface area contributed by atoms with Crippen LogP contribution in [0, 0.1) is 23.1 Å². The molecule has 4 aromatic rings. The standard InChI is InChI=1S/C31H33FN6O2/c1-5-7-19-8-9-22(27(12-19)40-4)17-38(31(39)21-10-11-21)30-29-26(37(3)18-34-29)15-28(36-30)35-25-14-24(32)23(16-33)13-20(25)6-2/h8-9,12-15,18,21H,5-7,10-11,17H2,1-4H3,(H,35,36). The molecule has 1 saturated carbocycles. The molecule has 0 saturated heterocycles. The van der Waals surface area contributed by atoms with Gasteiger partial charge in [-0.25, -0.2) is 14.4 Å². The van der Waals surface area contributed by atoms with Crippen molar-refractivity contribution in [3.05, 3.63) is 70.8 Å². The van der Waals surface area contributed by atoms with E-state index in [1.165, 1.54) is 11.6 Å². The summed E-state index contributed by atoms with van der Waals surface area (Å²) in [6.07, 6.45) is 5.95. The number of methoxy groups -OCH3 is 1. The molecule has 0 radical (unpaired) electrons. The highest BCUT2D eigenvalue weighted by atomic mass is 19.1. The second-order valence-electron chi connectivity index (χ2n) is 10.2. The van der Waals surface area contributed by atoms with Gasteiger partial charge >= 0.3 is 0 Å². The fraction of sp³-hybridized carbons (Fsp3) is 0.355. The number of anilines is 3. The maximum Gasteiger partial charge on any atom is 0.231 e. The van der Waals surface area contributed by atoms with E-state index in [4.69, 9.17) is 9.72 Å². The zero-order valence-electron chi connectivity index (χ0n) is 23.3. The number of nitrogens with one attached hydrogen (secondary N) is 1. The van der Waals surface area contributed by atoms with E-state index in [1.807, 2.05) is 42.8 Å². The first-order valence-corrected chi connectivity index (χ1v) is 13.7. The molecule has 2 heterocycles. The number of aryl methyl sites for hydroxylation is 3. The zero-order chi connectivity index (χ0) is 28.4. The van der Waals surface area contributed by atoms with Crippen molar-refractivity contribution in [2.24, 2.45) is 13.0 Å². The van der Waals surface area contributed by atoms with Gasteiger partial charge in [0, 0.05) is 30.3 Å². The quantitative estimate of drug-likeness (QED) is 0.258. The van der Waals surface area contributed by atoms with Crippen molar-refractivity contribution in [1.82, 2.24) is 14.5 Å². The Balaban J connectivity index is 1.60. The van der Waals surface area contributed by atoms with E-state index < -0.39 is 5.82 Å². The first kappa shape index (κ1) is 27.1. The predicted octanol–water partition coefficient (Wildman–Crippen LogP) is 6.19. The third-order valence-electron chi connectivity index (χ3n) is 7.32. The van der Waals surface area contributed by atoms with Gasteiger partial charge in [0.25, 0.3) is 0 Å². The van der Waals surface area contributed by atoms with Gasteiger partial charge < -0.3 is 14.6 Å². The molecule has 0 unspecified atom stereocenters. The van der Waals surface area contributed by atoms with Crippen molar-refractivity contribution in [3.63, 3.8) is 0 Å². The highest BCUT2D eigenvalue weighted by Crippen LogP contribution is 2.37. The Kier molecular flexibility index (Phi) is 7.69. The predicted molar refractivity (Wildman–Crippen MR) is 153 cm³/mol. The summed E-state index contributed by atoms with van der Waals surface area (Å²) in [5.74, 6) is 0.949. The van der Waals surface area contributed by atoms with E-state index in [0.717, 1.165) is 48.1 Å². The number of fused-ring (bicyclic) bond motifs is 1. The number of imidazole rings is 1. The first-order valence-electron chi connectivity index (χ1n) is 13.7. The SMILES string of the molecule is CCCc1ccc(CN(C(=O)C2CC2)c2nc(Nc3cc(F)c(C#N)cc3CC)cc3c2ncn3C)c(OC)c1. The van der Waals surface area contributed by atoms with Gasteiger partial charge in [-0.05, 0) is 55.0 Å². The Morgan fingerprint density at radius 2 is 2.02 bits per heavy atom. The summed E-state index contributed by atoms with van der Waals surface area (Å²) in [7, 11) is 3.52. The van der Waals surface area contributed by atoms with Gasteiger partial charge in [0.05, 0.1) is 31.1 Å². The highest BCUT2D eigenvalue weighted by Gasteiger charge is 2.36. The average molecular weight is 541 g/mol. The number of amides is 1. The number of aromatic nitrogens is 3. The largest absolute Gasteiger partial charge is 0.496 e. The molecule has 1 N–H and O–H groups in total. The number of halogens is 1. The minimum absolute atomic E-state index is 0.00163. The van der Waals surface area contributed by atoms with Crippen molar-refractivity contribution in [2.75, 3.05) is 17.3 Å². The number of benzene rings is 2. The molecule has 0 spiro atoms. The van der Waals surface area contributed by atoms with Gasteiger partial charge in [0.1, 0.15) is 29.0 Å². The van der Waals surface area contributed by atoms with Crippen LogP contribution in [0.4, 0.5) is 21.7 Å². The number of nitrogens with zero attached hydrogens (tertiary/aromatic N) is 5. The lowest BCUT2D eigenvalue weighted by molar-refractivity contribution is -0.119. The molecule has 0 bridgehead atoms. The van der Waals surface area contributed by atoms with Crippen molar-refractivity contribution in [2.45, 2.75) is 52.5 Å². The Bertz CT molecular complexity index is 1620. The van der Waals surface area contributed by atoms with Gasteiger partial charge in [-0.2, -0.15) is 5.26 Å². The molecule has 206 valence electrons. The molecule has 2 aromatic carbocycles. The Morgan fingerprint density at radius 3 is 2.70 bits per heavy atom. The second-order valence-corrected chi connectivity index (χ2v) is 10.2. The highest BCUT2D eigenvalue weighted by molar-refractivity contribution is 6.02. The van der Waals surface area contributed by atoms with Crippen LogP contribution in [0.1, 0.15) is 55.4 Å². The van der Waals surface area contributed by atoms with Crippen LogP contribution in [0.25, 0.3) is 11.0 Å². The topological polar surface area (TPSA) is 96.1 Å². The summed E-state index contributed by atoms with van der Waals surface area (Å²) < 4.78 is 22.2. The number of hydrogen-bond donors (Lipinski definition) is 1. The molecule has 1 aliphatic rings. The van der Waals surface area contributed by atoms with Crippen LogP contribution in [-0.2, 0) is 31.2 Å². The summed E-state index contributed by atoms with van der Waals surface area (Å²) in [6.45, 7) is 4.35. The van der Waals surface area contributed by atoms with Gasteiger partial charge in [-0.1, -0.05) is 32.4 Å². The van der Waals surface area contributed by atoms with Crippen LogP contribution in [0.2, 0.25) is 0 Å². The number of carbonyl (C=O) groups is 1. The third-order valence-corrected chi connectivity index (χ3v) is 7.32. The van der Waals surface area contributed by atoms with Gasteiger partial charge in [0.15, 0.2) is 5.82 Å². The van der Waals surface area contributed by atoms with Gasteiger partial charge in [0.2, 0.25) is 5.91 Å². The van der Waals surface area contributed by atoms with Crippen LogP contribution in [-0.4, -0.2) is 27.6 Å². The molecule has 40 heavy (non-hydrogen) atoms. The lowest BCUT2D eigenvalue weighted by Crippen LogP contribution is -2.33. The maximum atomic E-state index is 14.6. The molecule has 0 aliphatic heterocycles. The second kappa shape index (κ2) is 11.3. The van der Waals surface area contributed by atoms with Crippen molar-refractivity contribution in [1.29, 1.82) is 5.26 Å². The fourth-order valence-electron chi connectivity index (χ4n) is 4.96. The van der Waals surface area contributed by atoms with E-state index in [-0.39, 0.29) is 23.9 Å². The lowest BCUT2D eigenvalue weighted by Gasteiger charge is -2.24. The van der Waals surface area contributed by atoms with Crippen LogP contribution in [0.5, 0.6) is 5.75 Å².